The normalized spacial score (nSPS) is 24.7. The van der Waals surface area contributed by atoms with Gasteiger partial charge in [-0.1, -0.05) is 20.8 Å². The molecule has 0 aromatic heterocycles. The predicted octanol–water partition coefficient (Wildman–Crippen LogP) is 3.68. The average Bonchev–Trinajstić information content (AvgIpc) is 2.34. The zero-order valence-corrected chi connectivity index (χ0v) is 12.3. The van der Waals surface area contributed by atoms with Crippen LogP contribution in [0.3, 0.4) is 0 Å². The van der Waals surface area contributed by atoms with Crippen molar-refractivity contribution in [3.63, 3.8) is 0 Å². The van der Waals surface area contributed by atoms with Crippen molar-refractivity contribution in [2.24, 2.45) is 11.3 Å². The summed E-state index contributed by atoms with van der Waals surface area (Å²) in [5.74, 6) is 0.267. The minimum atomic E-state index is -1.15. The van der Waals surface area contributed by atoms with Crippen molar-refractivity contribution in [1.29, 1.82) is 0 Å². The Hall–Kier alpha value is -0.570. The fourth-order valence-corrected chi connectivity index (χ4v) is 2.85. The van der Waals surface area contributed by atoms with Crippen LogP contribution < -0.4 is 0 Å². The summed E-state index contributed by atoms with van der Waals surface area (Å²) in [6, 6.07) is 0. The van der Waals surface area contributed by atoms with Gasteiger partial charge < -0.3 is 4.74 Å². The van der Waals surface area contributed by atoms with Gasteiger partial charge in [0.15, 0.2) is 0 Å². The molecular weight excluding hydrogens is 252 g/mol. The van der Waals surface area contributed by atoms with Crippen LogP contribution in [0.1, 0.15) is 59.3 Å². The molecule has 0 amide bonds. The van der Waals surface area contributed by atoms with Crippen LogP contribution in [0.5, 0.6) is 0 Å². The molecule has 104 valence electrons. The summed E-state index contributed by atoms with van der Waals surface area (Å²) in [6.07, 6.45) is 4.71. The lowest BCUT2D eigenvalue weighted by atomic mass is 9.83. The number of halogens is 1. The lowest BCUT2D eigenvalue weighted by Gasteiger charge is -2.31. The third kappa shape index (κ3) is 3.25. The Morgan fingerprint density at radius 2 is 1.67 bits per heavy atom. The first-order chi connectivity index (χ1) is 8.46. The van der Waals surface area contributed by atoms with E-state index in [0.29, 0.717) is 18.8 Å². The Bertz CT molecular complexity index is 302. The van der Waals surface area contributed by atoms with E-state index in [0.717, 1.165) is 25.7 Å². The van der Waals surface area contributed by atoms with Gasteiger partial charge in [0.1, 0.15) is 11.5 Å². The second-order valence-corrected chi connectivity index (χ2v) is 5.69. The molecule has 1 aliphatic rings. The molecule has 0 aromatic carbocycles. The van der Waals surface area contributed by atoms with Gasteiger partial charge in [-0.25, -0.2) is 0 Å². The third-order valence-corrected chi connectivity index (χ3v) is 4.57. The van der Waals surface area contributed by atoms with Crippen molar-refractivity contribution in [3.8, 4) is 0 Å². The largest absolute Gasteiger partial charge is 0.462 e. The van der Waals surface area contributed by atoms with Gasteiger partial charge in [-0.15, -0.1) is 0 Å². The molecule has 0 saturated heterocycles. The first-order valence-corrected chi connectivity index (χ1v) is 7.25. The standard InChI is InChI=1S/C14H23ClO3/c1-4-14(5-2,12(15)16)13(17)18-11-8-6-10(3)7-9-11/h10-11H,4-9H2,1-3H3. The quantitative estimate of drug-likeness (QED) is 0.436. The molecule has 0 unspecified atom stereocenters. The molecule has 18 heavy (non-hydrogen) atoms. The number of carbonyl (C=O) groups is 2. The fourth-order valence-electron chi connectivity index (χ4n) is 2.51. The van der Waals surface area contributed by atoms with Gasteiger partial charge in [0.05, 0.1) is 0 Å². The van der Waals surface area contributed by atoms with Crippen molar-refractivity contribution >= 4 is 22.8 Å². The maximum absolute atomic E-state index is 12.2. The van der Waals surface area contributed by atoms with Crippen molar-refractivity contribution in [2.45, 2.75) is 65.4 Å². The SMILES string of the molecule is CCC(CC)(C(=O)Cl)C(=O)OC1CCC(C)CC1. The van der Waals surface area contributed by atoms with E-state index in [4.69, 9.17) is 16.3 Å². The van der Waals surface area contributed by atoms with E-state index in [9.17, 15) is 9.59 Å². The van der Waals surface area contributed by atoms with Gasteiger partial charge in [-0.05, 0) is 56.0 Å². The van der Waals surface area contributed by atoms with E-state index in [1.165, 1.54) is 0 Å². The van der Waals surface area contributed by atoms with E-state index in [1.54, 1.807) is 13.8 Å². The molecule has 0 spiro atoms. The first kappa shape index (κ1) is 15.5. The highest BCUT2D eigenvalue weighted by atomic mass is 35.5. The highest BCUT2D eigenvalue weighted by Gasteiger charge is 2.44. The second kappa shape index (κ2) is 6.55. The summed E-state index contributed by atoms with van der Waals surface area (Å²) in [5.41, 5.74) is -1.15. The van der Waals surface area contributed by atoms with Gasteiger partial charge in [0.2, 0.25) is 5.24 Å². The van der Waals surface area contributed by atoms with Crippen LogP contribution in [0, 0.1) is 11.3 Å². The number of hydrogen-bond acceptors (Lipinski definition) is 3. The van der Waals surface area contributed by atoms with Crippen LogP contribution in [0.4, 0.5) is 0 Å². The van der Waals surface area contributed by atoms with Crippen molar-refractivity contribution < 1.29 is 14.3 Å². The van der Waals surface area contributed by atoms with E-state index >= 15 is 0 Å². The number of rotatable bonds is 5. The highest BCUT2D eigenvalue weighted by Crippen LogP contribution is 2.33. The topological polar surface area (TPSA) is 43.4 Å². The third-order valence-electron chi connectivity index (χ3n) is 4.21. The highest BCUT2D eigenvalue weighted by molar-refractivity contribution is 6.66. The van der Waals surface area contributed by atoms with Crippen LogP contribution in [0.2, 0.25) is 0 Å². The molecular formula is C14H23ClO3. The van der Waals surface area contributed by atoms with Gasteiger partial charge >= 0.3 is 5.97 Å². The predicted molar refractivity (Wildman–Crippen MR) is 71.4 cm³/mol. The van der Waals surface area contributed by atoms with Crippen molar-refractivity contribution in [3.05, 3.63) is 0 Å². The van der Waals surface area contributed by atoms with E-state index in [1.807, 2.05) is 0 Å². The molecule has 1 rings (SSSR count). The smallest absolute Gasteiger partial charge is 0.321 e. The van der Waals surface area contributed by atoms with Crippen LogP contribution >= 0.6 is 11.6 Å². The number of carbonyl (C=O) groups excluding carboxylic acids is 2. The zero-order valence-electron chi connectivity index (χ0n) is 11.5. The molecule has 4 heteroatoms. The summed E-state index contributed by atoms with van der Waals surface area (Å²) in [5, 5.41) is -0.596. The Kier molecular flexibility index (Phi) is 5.64. The van der Waals surface area contributed by atoms with Gasteiger partial charge in [-0.2, -0.15) is 0 Å². The van der Waals surface area contributed by atoms with Crippen LogP contribution in [-0.2, 0) is 14.3 Å². The Morgan fingerprint density at radius 1 is 1.17 bits per heavy atom. The minimum absolute atomic E-state index is 0.0396. The Balaban J connectivity index is 2.65. The maximum Gasteiger partial charge on any atom is 0.321 e. The molecule has 3 nitrogen and oxygen atoms in total. The van der Waals surface area contributed by atoms with E-state index in [2.05, 4.69) is 6.92 Å². The molecule has 1 fully saturated rings. The molecule has 0 bridgehead atoms. The molecule has 0 N–H and O–H groups in total. The van der Waals surface area contributed by atoms with Gasteiger partial charge in [0.25, 0.3) is 0 Å². The van der Waals surface area contributed by atoms with Gasteiger partial charge in [-0.3, -0.25) is 9.59 Å². The summed E-state index contributed by atoms with van der Waals surface area (Å²) in [7, 11) is 0. The first-order valence-electron chi connectivity index (χ1n) is 6.87. The van der Waals surface area contributed by atoms with Crippen molar-refractivity contribution in [2.75, 3.05) is 0 Å². The zero-order chi connectivity index (χ0) is 13.8. The molecule has 0 heterocycles. The summed E-state index contributed by atoms with van der Waals surface area (Å²) < 4.78 is 5.50. The number of ether oxygens (including phenoxy) is 1. The van der Waals surface area contributed by atoms with Crippen LogP contribution in [0.15, 0.2) is 0 Å². The van der Waals surface area contributed by atoms with E-state index in [-0.39, 0.29) is 6.10 Å². The van der Waals surface area contributed by atoms with Crippen molar-refractivity contribution in [1.82, 2.24) is 0 Å². The van der Waals surface area contributed by atoms with Crippen LogP contribution in [0.25, 0.3) is 0 Å². The number of esters is 1. The monoisotopic (exact) mass is 274 g/mol. The summed E-state index contributed by atoms with van der Waals surface area (Å²) in [6.45, 7) is 5.81. The van der Waals surface area contributed by atoms with Crippen LogP contribution in [-0.4, -0.2) is 17.3 Å². The average molecular weight is 275 g/mol. The minimum Gasteiger partial charge on any atom is -0.462 e. The lowest BCUT2D eigenvalue weighted by molar-refractivity contribution is -0.165. The number of hydrogen-bond donors (Lipinski definition) is 0. The molecule has 0 aliphatic heterocycles. The maximum atomic E-state index is 12.2. The second-order valence-electron chi connectivity index (χ2n) is 5.35. The van der Waals surface area contributed by atoms with Gasteiger partial charge in [0, 0.05) is 0 Å². The Labute approximate surface area is 114 Å². The summed E-state index contributed by atoms with van der Waals surface area (Å²) >= 11 is 5.60. The molecule has 0 aromatic rings. The van der Waals surface area contributed by atoms with E-state index < -0.39 is 16.6 Å². The fraction of sp³-hybridized carbons (Fsp3) is 0.857. The molecule has 1 saturated carbocycles. The molecule has 0 radical (unpaired) electrons. The molecule has 0 atom stereocenters. The lowest BCUT2D eigenvalue weighted by Crippen LogP contribution is -2.40. The molecule has 1 aliphatic carbocycles. The summed E-state index contributed by atoms with van der Waals surface area (Å²) in [4.78, 5) is 23.7. The Morgan fingerprint density at radius 3 is 2.06 bits per heavy atom.